The zero-order valence-corrected chi connectivity index (χ0v) is 10.2. The Kier molecular flexibility index (Phi) is 3.51. The van der Waals surface area contributed by atoms with E-state index in [0.717, 1.165) is 0 Å². The van der Waals surface area contributed by atoms with Crippen LogP contribution >= 0.6 is 11.3 Å². The molecule has 14 heavy (non-hydrogen) atoms. The monoisotopic (exact) mass is 209 g/mol. The van der Waals surface area contributed by atoms with Gasteiger partial charge in [-0.25, -0.2) is 0 Å². The first-order chi connectivity index (χ1) is 6.43. The van der Waals surface area contributed by atoms with Crippen molar-refractivity contribution in [1.29, 1.82) is 0 Å². The topological polar surface area (TPSA) is 26.0 Å². The van der Waals surface area contributed by atoms with Crippen molar-refractivity contribution in [3.8, 4) is 0 Å². The minimum absolute atomic E-state index is 0.257. The van der Waals surface area contributed by atoms with Crippen molar-refractivity contribution in [1.82, 2.24) is 0 Å². The van der Waals surface area contributed by atoms with Gasteiger partial charge in [0.15, 0.2) is 0 Å². The summed E-state index contributed by atoms with van der Waals surface area (Å²) in [5, 5.41) is 0. The molecule has 0 aliphatic carbocycles. The van der Waals surface area contributed by atoms with Crippen molar-refractivity contribution >= 4 is 17.4 Å². The van der Waals surface area contributed by atoms with Crippen molar-refractivity contribution in [2.75, 3.05) is 6.54 Å². The molecule has 1 aromatic rings. The molecule has 1 heterocycles. The maximum atomic E-state index is 5.55. The smallest absolute Gasteiger partial charge is 0.0273 e. The van der Waals surface area contributed by atoms with Gasteiger partial charge in [-0.2, -0.15) is 0 Å². The molecule has 78 valence electrons. The first-order valence-corrected chi connectivity index (χ1v) is 5.72. The van der Waals surface area contributed by atoms with E-state index >= 15 is 0 Å². The van der Waals surface area contributed by atoms with Crippen molar-refractivity contribution in [2.24, 2.45) is 5.73 Å². The Morgan fingerprint density at radius 3 is 2.50 bits per heavy atom. The number of hydrogen-bond donors (Lipinski definition) is 1. The van der Waals surface area contributed by atoms with Crippen LogP contribution in [0.1, 0.15) is 37.4 Å². The van der Waals surface area contributed by atoms with E-state index in [1.54, 1.807) is 0 Å². The van der Waals surface area contributed by atoms with E-state index in [-0.39, 0.29) is 5.41 Å². The van der Waals surface area contributed by atoms with Gasteiger partial charge in [0.1, 0.15) is 0 Å². The summed E-state index contributed by atoms with van der Waals surface area (Å²) in [4.78, 5) is 2.73. The molecule has 1 nitrogen and oxygen atoms in total. The van der Waals surface area contributed by atoms with Crippen LogP contribution in [0.5, 0.6) is 0 Å². The first kappa shape index (κ1) is 11.5. The van der Waals surface area contributed by atoms with Crippen LogP contribution in [0.4, 0.5) is 0 Å². The van der Waals surface area contributed by atoms with Crippen molar-refractivity contribution < 1.29 is 0 Å². The summed E-state index contributed by atoms with van der Waals surface area (Å²) >= 11 is 1.85. The van der Waals surface area contributed by atoms with E-state index < -0.39 is 0 Å². The molecule has 0 radical (unpaired) electrons. The summed E-state index contributed by atoms with van der Waals surface area (Å²) in [6.45, 7) is 9.42. The Hall–Kier alpha value is -0.600. The molecule has 0 aliphatic rings. The highest BCUT2D eigenvalue weighted by atomic mass is 32.1. The van der Waals surface area contributed by atoms with Gasteiger partial charge in [0, 0.05) is 16.3 Å². The predicted molar refractivity (Wildman–Crippen MR) is 65.7 cm³/mol. The molecule has 0 bridgehead atoms. The summed E-state index contributed by atoms with van der Waals surface area (Å²) in [5.41, 5.74) is 7.04. The van der Waals surface area contributed by atoms with Gasteiger partial charge in [-0.3, -0.25) is 0 Å². The van der Waals surface area contributed by atoms with Crippen LogP contribution in [-0.2, 0) is 5.41 Å². The molecule has 0 amide bonds. The SMILES string of the molecule is C/C(=C/c1ccc(C(C)(C)C)s1)CN. The van der Waals surface area contributed by atoms with Crippen molar-refractivity contribution in [2.45, 2.75) is 33.1 Å². The lowest BCUT2D eigenvalue weighted by atomic mass is 9.95. The lowest BCUT2D eigenvalue weighted by Gasteiger charge is -2.15. The summed E-state index contributed by atoms with van der Waals surface area (Å²) in [5.74, 6) is 0. The van der Waals surface area contributed by atoms with Gasteiger partial charge in [-0.15, -0.1) is 11.3 Å². The summed E-state index contributed by atoms with van der Waals surface area (Å²) in [6.07, 6.45) is 2.17. The number of rotatable bonds is 2. The molecule has 0 atom stereocenters. The second-order valence-electron chi connectivity index (χ2n) is 4.65. The van der Waals surface area contributed by atoms with Gasteiger partial charge in [0.05, 0.1) is 0 Å². The van der Waals surface area contributed by atoms with E-state index in [0.29, 0.717) is 6.54 Å². The maximum absolute atomic E-state index is 5.55. The van der Waals surface area contributed by atoms with Gasteiger partial charge >= 0.3 is 0 Å². The van der Waals surface area contributed by atoms with Crippen LogP contribution < -0.4 is 5.73 Å². The molecule has 1 aromatic heterocycles. The average Bonchev–Trinajstić information content (AvgIpc) is 2.51. The second kappa shape index (κ2) is 4.28. The molecule has 2 heteroatoms. The van der Waals surface area contributed by atoms with Gasteiger partial charge < -0.3 is 5.73 Å². The Balaban J connectivity index is 2.89. The van der Waals surface area contributed by atoms with E-state index in [4.69, 9.17) is 5.73 Å². The molecule has 1 rings (SSSR count). The fourth-order valence-corrected chi connectivity index (χ4v) is 2.23. The molecule has 0 fully saturated rings. The highest BCUT2D eigenvalue weighted by Crippen LogP contribution is 2.30. The Bertz CT molecular complexity index is 328. The third-order valence-electron chi connectivity index (χ3n) is 2.08. The van der Waals surface area contributed by atoms with Crippen LogP contribution in [0, 0.1) is 0 Å². The van der Waals surface area contributed by atoms with Gasteiger partial charge in [-0.1, -0.05) is 26.3 Å². The van der Waals surface area contributed by atoms with Gasteiger partial charge in [0.2, 0.25) is 0 Å². The van der Waals surface area contributed by atoms with E-state index in [2.05, 4.69) is 45.9 Å². The minimum atomic E-state index is 0.257. The normalized spacial score (nSPS) is 13.4. The van der Waals surface area contributed by atoms with Crippen molar-refractivity contribution in [3.63, 3.8) is 0 Å². The Labute approximate surface area is 90.6 Å². The first-order valence-electron chi connectivity index (χ1n) is 4.91. The van der Waals surface area contributed by atoms with Gasteiger partial charge in [-0.05, 0) is 30.5 Å². The lowest BCUT2D eigenvalue weighted by Crippen LogP contribution is -2.07. The van der Waals surface area contributed by atoms with Crippen molar-refractivity contribution in [3.05, 3.63) is 27.5 Å². The maximum Gasteiger partial charge on any atom is 0.0273 e. The molecule has 0 aromatic carbocycles. The number of hydrogen-bond acceptors (Lipinski definition) is 2. The molecule has 0 spiro atoms. The van der Waals surface area contributed by atoms with E-state index in [9.17, 15) is 0 Å². The van der Waals surface area contributed by atoms with E-state index in [1.165, 1.54) is 15.3 Å². The minimum Gasteiger partial charge on any atom is -0.327 e. The standard InChI is InChI=1S/C12H19NS/c1-9(8-13)7-10-5-6-11(14-10)12(2,3)4/h5-7H,8,13H2,1-4H3/b9-7-. The molecule has 0 saturated heterocycles. The molecule has 0 saturated carbocycles. The van der Waals surface area contributed by atoms with Gasteiger partial charge in [0.25, 0.3) is 0 Å². The van der Waals surface area contributed by atoms with Crippen LogP contribution in [0.15, 0.2) is 17.7 Å². The zero-order valence-electron chi connectivity index (χ0n) is 9.42. The van der Waals surface area contributed by atoms with Crippen LogP contribution in [0.3, 0.4) is 0 Å². The Morgan fingerprint density at radius 2 is 2.07 bits per heavy atom. The van der Waals surface area contributed by atoms with Crippen LogP contribution in [0.25, 0.3) is 6.08 Å². The predicted octanol–water partition coefficient (Wildman–Crippen LogP) is 3.41. The quantitative estimate of drug-likeness (QED) is 0.793. The fraction of sp³-hybridized carbons (Fsp3) is 0.500. The molecular formula is C12H19NS. The lowest BCUT2D eigenvalue weighted by molar-refractivity contribution is 0.604. The average molecular weight is 209 g/mol. The summed E-state index contributed by atoms with van der Waals surface area (Å²) < 4.78 is 0. The summed E-state index contributed by atoms with van der Waals surface area (Å²) in [7, 11) is 0. The highest BCUT2D eigenvalue weighted by Gasteiger charge is 2.15. The second-order valence-corrected chi connectivity index (χ2v) is 5.76. The van der Waals surface area contributed by atoms with Crippen LogP contribution in [-0.4, -0.2) is 6.54 Å². The zero-order chi connectivity index (χ0) is 10.8. The van der Waals surface area contributed by atoms with E-state index in [1.807, 2.05) is 11.3 Å². The molecule has 0 aliphatic heterocycles. The third-order valence-corrected chi connectivity index (χ3v) is 3.53. The number of nitrogens with two attached hydrogens (primary N) is 1. The molecular weight excluding hydrogens is 190 g/mol. The Morgan fingerprint density at radius 1 is 1.43 bits per heavy atom. The molecule has 2 N–H and O–H groups in total. The van der Waals surface area contributed by atoms with Crippen LogP contribution in [0.2, 0.25) is 0 Å². The summed E-state index contributed by atoms with van der Waals surface area (Å²) in [6, 6.07) is 4.38. The third kappa shape index (κ3) is 2.96. The molecule has 0 unspecified atom stereocenters. The largest absolute Gasteiger partial charge is 0.327 e. The fourth-order valence-electron chi connectivity index (χ4n) is 1.14. The number of thiophene rings is 1. The highest BCUT2D eigenvalue weighted by molar-refractivity contribution is 7.13.